The maximum absolute atomic E-state index is 14.6. The SMILES string of the molecule is CNC(=O)C(C)N(Cc1ccccc1F)C(=O)CN(c1cc(C)cc(C)c1)S(=O)(=O)c1ccc(OC)c(OC)c1. The van der Waals surface area contributed by atoms with Crippen LogP contribution in [0.5, 0.6) is 11.5 Å². The van der Waals surface area contributed by atoms with E-state index in [0.717, 1.165) is 20.3 Å². The number of halogens is 1. The third-order valence-electron chi connectivity index (χ3n) is 6.43. The molecule has 0 saturated heterocycles. The third-order valence-corrected chi connectivity index (χ3v) is 8.20. The summed E-state index contributed by atoms with van der Waals surface area (Å²) in [6.45, 7) is 4.25. The minimum absolute atomic E-state index is 0.128. The molecule has 214 valence electrons. The van der Waals surface area contributed by atoms with Crippen molar-refractivity contribution in [3.05, 3.63) is 83.2 Å². The van der Waals surface area contributed by atoms with E-state index in [2.05, 4.69) is 5.32 Å². The van der Waals surface area contributed by atoms with Gasteiger partial charge in [0.05, 0.1) is 24.8 Å². The number of anilines is 1. The Morgan fingerprint density at radius 1 is 0.950 bits per heavy atom. The lowest BCUT2D eigenvalue weighted by molar-refractivity contribution is -0.139. The smallest absolute Gasteiger partial charge is 0.264 e. The maximum atomic E-state index is 14.6. The molecular formula is C29H34FN3O6S. The Morgan fingerprint density at radius 2 is 1.57 bits per heavy atom. The number of nitrogens with zero attached hydrogens (tertiary/aromatic N) is 2. The lowest BCUT2D eigenvalue weighted by atomic mass is 10.1. The lowest BCUT2D eigenvalue weighted by Gasteiger charge is -2.32. The highest BCUT2D eigenvalue weighted by Gasteiger charge is 2.33. The second kappa shape index (κ2) is 12.8. The van der Waals surface area contributed by atoms with Gasteiger partial charge in [0.15, 0.2) is 11.5 Å². The molecule has 1 N–H and O–H groups in total. The highest BCUT2D eigenvalue weighted by atomic mass is 32.2. The molecule has 11 heteroatoms. The summed E-state index contributed by atoms with van der Waals surface area (Å²) in [6.07, 6.45) is 0. The number of benzene rings is 3. The first-order valence-electron chi connectivity index (χ1n) is 12.5. The topological polar surface area (TPSA) is 105 Å². The van der Waals surface area contributed by atoms with Crippen molar-refractivity contribution >= 4 is 27.5 Å². The Hall–Kier alpha value is -4.12. The third kappa shape index (κ3) is 6.71. The summed E-state index contributed by atoms with van der Waals surface area (Å²) in [5.41, 5.74) is 2.03. The van der Waals surface area contributed by atoms with Crippen LogP contribution in [0.3, 0.4) is 0 Å². The molecule has 0 aliphatic heterocycles. The molecule has 2 amide bonds. The molecule has 0 spiro atoms. The van der Waals surface area contributed by atoms with Crippen molar-refractivity contribution in [2.75, 3.05) is 32.1 Å². The molecule has 0 aromatic heterocycles. The van der Waals surface area contributed by atoms with Crippen molar-refractivity contribution in [1.82, 2.24) is 10.2 Å². The van der Waals surface area contributed by atoms with Gasteiger partial charge in [-0.05, 0) is 62.2 Å². The number of ether oxygens (including phenoxy) is 2. The van der Waals surface area contributed by atoms with Crippen molar-refractivity contribution in [3.8, 4) is 11.5 Å². The molecule has 1 unspecified atom stereocenters. The van der Waals surface area contributed by atoms with Crippen molar-refractivity contribution in [2.45, 2.75) is 38.3 Å². The fraction of sp³-hybridized carbons (Fsp3) is 0.310. The Labute approximate surface area is 234 Å². The number of aryl methyl sites for hydroxylation is 2. The Kier molecular flexibility index (Phi) is 9.75. The molecule has 0 radical (unpaired) electrons. The average molecular weight is 572 g/mol. The van der Waals surface area contributed by atoms with Gasteiger partial charge in [-0.25, -0.2) is 12.8 Å². The van der Waals surface area contributed by atoms with Gasteiger partial charge in [0, 0.05) is 25.2 Å². The number of methoxy groups -OCH3 is 2. The van der Waals surface area contributed by atoms with Gasteiger partial charge >= 0.3 is 0 Å². The van der Waals surface area contributed by atoms with Crippen LogP contribution in [-0.4, -0.2) is 59.0 Å². The Balaban J connectivity index is 2.12. The van der Waals surface area contributed by atoms with Gasteiger partial charge in [-0.1, -0.05) is 24.3 Å². The molecule has 40 heavy (non-hydrogen) atoms. The number of likely N-dealkylation sites (N-methyl/N-ethyl adjacent to an activating group) is 1. The molecule has 3 aromatic carbocycles. The van der Waals surface area contributed by atoms with Crippen LogP contribution in [-0.2, 0) is 26.2 Å². The zero-order chi connectivity index (χ0) is 29.6. The van der Waals surface area contributed by atoms with Gasteiger partial charge in [0.25, 0.3) is 10.0 Å². The monoisotopic (exact) mass is 571 g/mol. The van der Waals surface area contributed by atoms with Gasteiger partial charge in [0.1, 0.15) is 18.4 Å². The second-order valence-electron chi connectivity index (χ2n) is 9.28. The van der Waals surface area contributed by atoms with E-state index in [0.29, 0.717) is 5.75 Å². The van der Waals surface area contributed by atoms with Crippen molar-refractivity contribution in [2.24, 2.45) is 0 Å². The van der Waals surface area contributed by atoms with Crippen LogP contribution in [0.15, 0.2) is 65.6 Å². The van der Waals surface area contributed by atoms with E-state index in [1.165, 1.54) is 64.6 Å². The second-order valence-corrected chi connectivity index (χ2v) is 11.1. The molecule has 0 aliphatic carbocycles. The molecule has 0 aliphatic rings. The zero-order valence-electron chi connectivity index (χ0n) is 23.4. The van der Waals surface area contributed by atoms with E-state index in [9.17, 15) is 22.4 Å². The van der Waals surface area contributed by atoms with Gasteiger partial charge in [-0.3, -0.25) is 13.9 Å². The molecule has 1 atom stereocenters. The van der Waals surface area contributed by atoms with Crippen molar-refractivity contribution in [3.63, 3.8) is 0 Å². The molecule has 3 rings (SSSR count). The fourth-order valence-corrected chi connectivity index (χ4v) is 5.74. The van der Waals surface area contributed by atoms with Gasteiger partial charge in [-0.2, -0.15) is 0 Å². The first-order chi connectivity index (χ1) is 18.9. The first-order valence-corrected chi connectivity index (χ1v) is 13.9. The van der Waals surface area contributed by atoms with Crippen LogP contribution in [0.25, 0.3) is 0 Å². The quantitative estimate of drug-likeness (QED) is 0.375. The number of amides is 2. The predicted octanol–water partition coefficient (Wildman–Crippen LogP) is 3.82. The molecule has 0 saturated carbocycles. The molecule has 0 fully saturated rings. The molecule has 0 bridgehead atoms. The summed E-state index contributed by atoms with van der Waals surface area (Å²) >= 11 is 0. The summed E-state index contributed by atoms with van der Waals surface area (Å²) in [4.78, 5) is 27.5. The lowest BCUT2D eigenvalue weighted by Crippen LogP contribution is -2.50. The summed E-state index contributed by atoms with van der Waals surface area (Å²) < 4.78 is 54.2. The minimum atomic E-state index is -4.33. The number of carbonyl (C=O) groups excluding carboxylic acids is 2. The highest BCUT2D eigenvalue weighted by molar-refractivity contribution is 7.92. The maximum Gasteiger partial charge on any atom is 0.264 e. The minimum Gasteiger partial charge on any atom is -0.493 e. The number of nitrogens with one attached hydrogen (secondary N) is 1. The number of rotatable bonds is 11. The summed E-state index contributed by atoms with van der Waals surface area (Å²) in [7, 11) is -0.0822. The van der Waals surface area contributed by atoms with Gasteiger partial charge < -0.3 is 19.7 Å². The van der Waals surface area contributed by atoms with Crippen LogP contribution >= 0.6 is 0 Å². The molecular weight excluding hydrogens is 537 g/mol. The van der Waals surface area contributed by atoms with Crippen LogP contribution in [0.2, 0.25) is 0 Å². The van der Waals surface area contributed by atoms with Gasteiger partial charge in [-0.15, -0.1) is 0 Å². The van der Waals surface area contributed by atoms with E-state index in [1.807, 2.05) is 19.9 Å². The van der Waals surface area contributed by atoms with Crippen LogP contribution in [0, 0.1) is 19.7 Å². The Morgan fingerprint density at radius 3 is 2.15 bits per heavy atom. The number of hydrogen-bond acceptors (Lipinski definition) is 6. The van der Waals surface area contributed by atoms with Crippen molar-refractivity contribution in [1.29, 1.82) is 0 Å². The van der Waals surface area contributed by atoms with Crippen LogP contribution in [0.1, 0.15) is 23.6 Å². The van der Waals surface area contributed by atoms with E-state index in [4.69, 9.17) is 9.47 Å². The molecule has 0 heterocycles. The number of carbonyl (C=O) groups is 2. The normalized spacial score (nSPS) is 11.9. The zero-order valence-corrected chi connectivity index (χ0v) is 24.2. The largest absolute Gasteiger partial charge is 0.493 e. The average Bonchev–Trinajstić information content (AvgIpc) is 2.93. The van der Waals surface area contributed by atoms with E-state index in [1.54, 1.807) is 18.2 Å². The summed E-state index contributed by atoms with van der Waals surface area (Å²) in [6, 6.07) is 14.2. The standard InChI is InChI=1S/C29H34FN3O6S/c1-19-13-20(2)15-23(14-19)33(40(36,37)24-11-12-26(38-5)27(16-24)39-6)18-28(34)32(21(3)29(35)31-4)17-22-9-7-8-10-25(22)30/h7-16,21H,17-18H2,1-6H3,(H,31,35). The number of hydrogen-bond donors (Lipinski definition) is 1. The van der Waals surface area contributed by atoms with Crippen molar-refractivity contribution < 1.29 is 31.9 Å². The fourth-order valence-electron chi connectivity index (χ4n) is 4.33. The molecule has 9 nitrogen and oxygen atoms in total. The first kappa shape index (κ1) is 30.4. The Bertz CT molecular complexity index is 1470. The van der Waals surface area contributed by atoms with E-state index in [-0.39, 0.29) is 28.4 Å². The van der Waals surface area contributed by atoms with E-state index >= 15 is 0 Å². The highest BCUT2D eigenvalue weighted by Crippen LogP contribution is 2.33. The van der Waals surface area contributed by atoms with E-state index < -0.39 is 40.2 Å². The predicted molar refractivity (Wildman–Crippen MR) is 150 cm³/mol. The van der Waals surface area contributed by atoms with Crippen LogP contribution < -0.4 is 19.1 Å². The van der Waals surface area contributed by atoms with Crippen LogP contribution in [0.4, 0.5) is 10.1 Å². The molecule has 3 aromatic rings. The summed E-state index contributed by atoms with van der Waals surface area (Å²) in [5, 5.41) is 2.50. The number of sulfonamides is 1. The summed E-state index contributed by atoms with van der Waals surface area (Å²) in [5.74, 6) is -1.18. The van der Waals surface area contributed by atoms with Gasteiger partial charge in [0.2, 0.25) is 11.8 Å².